The molecule has 0 aromatic carbocycles. The molecule has 1 aliphatic heterocycles. The van der Waals surface area contributed by atoms with Crippen molar-refractivity contribution in [2.24, 2.45) is 0 Å². The lowest BCUT2D eigenvalue weighted by Crippen LogP contribution is -2.59. The molecule has 1 fully saturated rings. The SMILES string of the molecule is C=CCCCCCCCCCCCCCCCC(=O)OC[C@H](CO[C@@H]1O[C@H](CO)[C@H](O)C(O)C1O)OC(=O)CCC/C=C/C/C=C/CCCCCCCCCCC. The molecule has 1 aliphatic rings. The van der Waals surface area contributed by atoms with E-state index in [1.165, 1.54) is 116 Å². The average molecular weight is 809 g/mol. The summed E-state index contributed by atoms with van der Waals surface area (Å²) in [5, 5.41) is 40.1. The smallest absolute Gasteiger partial charge is 0.306 e. The normalized spacial score (nSPS) is 20.3. The maximum atomic E-state index is 12.8. The zero-order chi connectivity index (χ0) is 41.6. The summed E-state index contributed by atoms with van der Waals surface area (Å²) in [4.78, 5) is 25.3. The van der Waals surface area contributed by atoms with Gasteiger partial charge in [0.2, 0.25) is 0 Å². The molecule has 10 heteroatoms. The third-order valence-electron chi connectivity index (χ3n) is 10.6. The summed E-state index contributed by atoms with van der Waals surface area (Å²) in [6.45, 7) is 4.91. The molecule has 1 rings (SSSR count). The quantitative estimate of drug-likeness (QED) is 0.0268. The van der Waals surface area contributed by atoms with Crippen molar-refractivity contribution in [1.82, 2.24) is 0 Å². The fourth-order valence-electron chi connectivity index (χ4n) is 6.97. The minimum absolute atomic E-state index is 0.166. The highest BCUT2D eigenvalue weighted by Crippen LogP contribution is 2.23. The minimum atomic E-state index is -1.60. The Morgan fingerprint density at radius 1 is 0.596 bits per heavy atom. The molecular weight excluding hydrogens is 725 g/mol. The van der Waals surface area contributed by atoms with Gasteiger partial charge in [-0.1, -0.05) is 159 Å². The van der Waals surface area contributed by atoms with Crippen molar-refractivity contribution >= 4 is 11.9 Å². The fraction of sp³-hybridized carbons (Fsp3) is 0.830. The highest BCUT2D eigenvalue weighted by atomic mass is 16.7. The first kappa shape index (κ1) is 52.9. The van der Waals surface area contributed by atoms with E-state index >= 15 is 0 Å². The molecule has 0 aliphatic carbocycles. The van der Waals surface area contributed by atoms with Crippen LogP contribution in [0.5, 0.6) is 0 Å². The number of rotatable bonds is 39. The third-order valence-corrected chi connectivity index (χ3v) is 10.6. The van der Waals surface area contributed by atoms with Gasteiger partial charge in [0.15, 0.2) is 12.4 Å². The van der Waals surface area contributed by atoms with Crippen LogP contribution in [0.25, 0.3) is 0 Å². The van der Waals surface area contributed by atoms with Crippen LogP contribution in [-0.2, 0) is 28.5 Å². The first-order valence-corrected chi connectivity index (χ1v) is 23.0. The summed E-state index contributed by atoms with van der Waals surface area (Å²) in [6, 6.07) is 0. The Morgan fingerprint density at radius 3 is 1.63 bits per heavy atom. The Labute approximate surface area is 346 Å². The van der Waals surface area contributed by atoms with E-state index in [1.54, 1.807) is 0 Å². The lowest BCUT2D eigenvalue weighted by molar-refractivity contribution is -0.305. The molecule has 332 valence electrons. The van der Waals surface area contributed by atoms with Crippen LogP contribution < -0.4 is 0 Å². The van der Waals surface area contributed by atoms with Crippen LogP contribution in [0.2, 0.25) is 0 Å². The highest BCUT2D eigenvalue weighted by molar-refractivity contribution is 5.70. The lowest BCUT2D eigenvalue weighted by atomic mass is 9.99. The lowest BCUT2D eigenvalue weighted by Gasteiger charge is -2.39. The summed E-state index contributed by atoms with van der Waals surface area (Å²) in [6.07, 6.45) is 34.8. The molecule has 57 heavy (non-hydrogen) atoms. The number of hydrogen-bond donors (Lipinski definition) is 4. The number of unbranched alkanes of at least 4 members (excludes halogenated alkanes) is 23. The van der Waals surface area contributed by atoms with E-state index in [-0.39, 0.29) is 32.0 Å². The van der Waals surface area contributed by atoms with Gasteiger partial charge in [0, 0.05) is 12.8 Å². The second kappa shape index (κ2) is 38.1. The second-order valence-corrected chi connectivity index (χ2v) is 15.9. The number of aliphatic hydroxyl groups excluding tert-OH is 4. The van der Waals surface area contributed by atoms with E-state index in [0.717, 1.165) is 51.4 Å². The molecular formula is C47H84O10. The minimum Gasteiger partial charge on any atom is -0.462 e. The van der Waals surface area contributed by atoms with Gasteiger partial charge in [-0.25, -0.2) is 0 Å². The van der Waals surface area contributed by atoms with Crippen molar-refractivity contribution in [2.75, 3.05) is 19.8 Å². The number of allylic oxidation sites excluding steroid dienone is 5. The van der Waals surface area contributed by atoms with Crippen molar-refractivity contribution in [2.45, 2.75) is 230 Å². The third kappa shape index (κ3) is 29.7. The molecule has 10 nitrogen and oxygen atoms in total. The van der Waals surface area contributed by atoms with Gasteiger partial charge < -0.3 is 39.4 Å². The van der Waals surface area contributed by atoms with E-state index in [9.17, 15) is 30.0 Å². The standard InChI is InChI=1S/C47H84O10/c1-3-5-7-9-11-13-15-17-19-20-22-24-26-28-30-32-34-36-43(50)56-40(39-55-47-46(53)45(52)44(51)41(37-48)57-47)38-54-42(49)35-33-31-29-27-25-23-21-18-16-14-12-10-8-6-4-2/h4,22,24,28,30,40-41,44-48,51-53H,2-3,5-21,23,25-27,29,31-39H2,1H3/b24-22+,30-28+/t40-,41-,44+,45?,46?,47-/m1/s1. The van der Waals surface area contributed by atoms with Crippen LogP contribution >= 0.6 is 0 Å². The molecule has 2 unspecified atom stereocenters. The molecule has 0 aromatic rings. The zero-order valence-corrected chi connectivity index (χ0v) is 35.9. The molecule has 4 N–H and O–H groups in total. The Balaban J connectivity index is 2.34. The number of esters is 2. The van der Waals surface area contributed by atoms with Gasteiger partial charge in [0.1, 0.15) is 31.0 Å². The highest BCUT2D eigenvalue weighted by Gasteiger charge is 2.44. The number of aliphatic hydroxyl groups is 4. The number of carbonyl (C=O) groups is 2. The first-order valence-electron chi connectivity index (χ1n) is 23.0. The summed E-state index contributed by atoms with van der Waals surface area (Å²) < 4.78 is 22.1. The van der Waals surface area contributed by atoms with E-state index in [0.29, 0.717) is 6.42 Å². The predicted molar refractivity (Wildman–Crippen MR) is 229 cm³/mol. The van der Waals surface area contributed by atoms with Gasteiger partial charge in [-0.15, -0.1) is 6.58 Å². The van der Waals surface area contributed by atoms with Gasteiger partial charge in [-0.3, -0.25) is 9.59 Å². The van der Waals surface area contributed by atoms with E-state index in [4.69, 9.17) is 18.9 Å². The fourth-order valence-corrected chi connectivity index (χ4v) is 6.97. The molecule has 0 bridgehead atoms. The summed E-state index contributed by atoms with van der Waals surface area (Å²) in [5.74, 6) is -0.859. The zero-order valence-electron chi connectivity index (χ0n) is 35.9. The molecule has 0 saturated carbocycles. The first-order chi connectivity index (χ1) is 27.8. The molecule has 0 aromatic heterocycles. The summed E-state index contributed by atoms with van der Waals surface area (Å²) >= 11 is 0. The largest absolute Gasteiger partial charge is 0.462 e. The predicted octanol–water partition coefficient (Wildman–Crippen LogP) is 9.89. The Hall–Kier alpha value is -2.08. The van der Waals surface area contributed by atoms with Gasteiger partial charge in [0.25, 0.3) is 0 Å². The van der Waals surface area contributed by atoms with Gasteiger partial charge in [0.05, 0.1) is 13.2 Å². The van der Waals surface area contributed by atoms with Crippen LogP contribution in [-0.4, -0.2) is 89.0 Å². The Bertz CT molecular complexity index is 1010. The van der Waals surface area contributed by atoms with Gasteiger partial charge in [-0.2, -0.15) is 0 Å². The maximum absolute atomic E-state index is 12.8. The second-order valence-electron chi connectivity index (χ2n) is 15.9. The van der Waals surface area contributed by atoms with Crippen LogP contribution in [0, 0.1) is 0 Å². The van der Waals surface area contributed by atoms with E-state index in [1.807, 2.05) is 6.08 Å². The van der Waals surface area contributed by atoms with Crippen molar-refractivity contribution in [3.05, 3.63) is 37.0 Å². The van der Waals surface area contributed by atoms with E-state index in [2.05, 4.69) is 37.8 Å². The van der Waals surface area contributed by atoms with Gasteiger partial charge in [-0.05, 0) is 51.4 Å². The number of hydrogen-bond acceptors (Lipinski definition) is 10. The Morgan fingerprint density at radius 2 is 1.09 bits per heavy atom. The summed E-state index contributed by atoms with van der Waals surface area (Å²) in [7, 11) is 0. The number of ether oxygens (including phenoxy) is 4. The topological polar surface area (TPSA) is 152 Å². The molecule has 0 spiro atoms. The van der Waals surface area contributed by atoms with Crippen LogP contribution in [0.3, 0.4) is 0 Å². The van der Waals surface area contributed by atoms with Crippen molar-refractivity contribution in [1.29, 1.82) is 0 Å². The maximum Gasteiger partial charge on any atom is 0.306 e. The monoisotopic (exact) mass is 809 g/mol. The molecule has 0 radical (unpaired) electrons. The molecule has 1 saturated heterocycles. The number of carbonyl (C=O) groups excluding carboxylic acids is 2. The Kier molecular flexibility index (Phi) is 35.4. The molecule has 1 heterocycles. The summed E-state index contributed by atoms with van der Waals surface area (Å²) in [5.41, 5.74) is 0. The molecule has 0 amide bonds. The van der Waals surface area contributed by atoms with Crippen LogP contribution in [0.15, 0.2) is 37.0 Å². The van der Waals surface area contributed by atoms with Crippen molar-refractivity contribution in [3.63, 3.8) is 0 Å². The van der Waals surface area contributed by atoms with Gasteiger partial charge >= 0.3 is 11.9 Å². The van der Waals surface area contributed by atoms with Crippen molar-refractivity contribution < 1.29 is 49.0 Å². The van der Waals surface area contributed by atoms with Crippen molar-refractivity contribution in [3.8, 4) is 0 Å². The average Bonchev–Trinajstić information content (AvgIpc) is 3.21. The van der Waals surface area contributed by atoms with E-state index < -0.39 is 49.4 Å². The van der Waals surface area contributed by atoms with Crippen LogP contribution in [0.4, 0.5) is 0 Å². The molecule has 6 atom stereocenters. The van der Waals surface area contributed by atoms with Crippen LogP contribution in [0.1, 0.15) is 193 Å².